The number of carbonyl (C=O) groups excluding carboxylic acids is 1. The molecule has 6 heteroatoms. The molecular formula is C12H10N2O4. The van der Waals surface area contributed by atoms with Crippen molar-refractivity contribution in [3.63, 3.8) is 0 Å². The normalized spacial score (nSPS) is 10.1. The standard InChI is InChI=1S/C12H10N2O4/c1-7-10(18-6-13-7)11(15)14-9-4-2-3-8(5-9)12(16)17/h2-6H,1H3,(H,14,15)(H,16,17). The van der Waals surface area contributed by atoms with Gasteiger partial charge < -0.3 is 14.8 Å². The molecular weight excluding hydrogens is 236 g/mol. The van der Waals surface area contributed by atoms with Gasteiger partial charge in [0, 0.05) is 5.69 Å². The van der Waals surface area contributed by atoms with E-state index < -0.39 is 11.9 Å². The number of aromatic carboxylic acids is 1. The Morgan fingerprint density at radius 1 is 1.39 bits per heavy atom. The molecule has 1 amide bonds. The SMILES string of the molecule is Cc1ncoc1C(=O)Nc1cccc(C(=O)O)c1. The molecule has 0 aliphatic carbocycles. The van der Waals surface area contributed by atoms with Gasteiger partial charge in [0.25, 0.3) is 5.91 Å². The Morgan fingerprint density at radius 3 is 2.78 bits per heavy atom. The van der Waals surface area contributed by atoms with Crippen LogP contribution >= 0.6 is 0 Å². The molecule has 0 bridgehead atoms. The van der Waals surface area contributed by atoms with E-state index in [2.05, 4.69) is 10.3 Å². The minimum atomic E-state index is -1.05. The first kappa shape index (κ1) is 11.8. The highest BCUT2D eigenvalue weighted by molar-refractivity contribution is 6.03. The zero-order chi connectivity index (χ0) is 13.1. The van der Waals surface area contributed by atoms with Gasteiger partial charge in [-0.05, 0) is 25.1 Å². The third-order valence-corrected chi connectivity index (χ3v) is 2.32. The van der Waals surface area contributed by atoms with E-state index in [1.54, 1.807) is 19.1 Å². The van der Waals surface area contributed by atoms with Gasteiger partial charge >= 0.3 is 5.97 Å². The minimum Gasteiger partial charge on any atom is -0.478 e. The zero-order valence-electron chi connectivity index (χ0n) is 9.51. The number of carboxylic acids is 1. The number of carbonyl (C=O) groups is 2. The largest absolute Gasteiger partial charge is 0.478 e. The van der Waals surface area contributed by atoms with E-state index in [-0.39, 0.29) is 11.3 Å². The van der Waals surface area contributed by atoms with Crippen molar-refractivity contribution >= 4 is 17.6 Å². The van der Waals surface area contributed by atoms with E-state index in [0.29, 0.717) is 11.4 Å². The summed E-state index contributed by atoms with van der Waals surface area (Å²) in [5.41, 5.74) is 0.958. The van der Waals surface area contributed by atoms with E-state index in [1.807, 2.05) is 0 Å². The molecule has 2 aromatic rings. The molecule has 1 aromatic carbocycles. The highest BCUT2D eigenvalue weighted by Gasteiger charge is 2.14. The van der Waals surface area contributed by atoms with Gasteiger partial charge in [-0.15, -0.1) is 0 Å². The van der Waals surface area contributed by atoms with Crippen LogP contribution in [-0.2, 0) is 0 Å². The van der Waals surface area contributed by atoms with Crippen molar-refractivity contribution in [3.05, 3.63) is 47.7 Å². The van der Waals surface area contributed by atoms with Gasteiger partial charge in [-0.1, -0.05) is 6.07 Å². The molecule has 2 N–H and O–H groups in total. The van der Waals surface area contributed by atoms with Crippen LogP contribution in [-0.4, -0.2) is 22.0 Å². The number of aryl methyl sites for hydroxylation is 1. The van der Waals surface area contributed by atoms with E-state index in [0.717, 1.165) is 0 Å². The number of hydrogen-bond acceptors (Lipinski definition) is 4. The van der Waals surface area contributed by atoms with Crippen molar-refractivity contribution in [1.82, 2.24) is 4.98 Å². The summed E-state index contributed by atoms with van der Waals surface area (Å²) >= 11 is 0. The van der Waals surface area contributed by atoms with Crippen LogP contribution in [0.15, 0.2) is 35.1 Å². The van der Waals surface area contributed by atoms with Crippen molar-refractivity contribution in [3.8, 4) is 0 Å². The molecule has 18 heavy (non-hydrogen) atoms. The molecule has 0 aliphatic rings. The third-order valence-electron chi connectivity index (χ3n) is 2.32. The number of nitrogens with zero attached hydrogens (tertiary/aromatic N) is 1. The van der Waals surface area contributed by atoms with Crippen LogP contribution in [0.4, 0.5) is 5.69 Å². The molecule has 0 saturated carbocycles. The van der Waals surface area contributed by atoms with Gasteiger partial charge in [-0.3, -0.25) is 4.79 Å². The summed E-state index contributed by atoms with van der Waals surface area (Å²) in [4.78, 5) is 26.4. The number of anilines is 1. The van der Waals surface area contributed by atoms with Crippen LogP contribution in [0.1, 0.15) is 26.6 Å². The van der Waals surface area contributed by atoms with Crippen molar-refractivity contribution in [2.45, 2.75) is 6.92 Å². The molecule has 0 fully saturated rings. The van der Waals surface area contributed by atoms with Gasteiger partial charge in [0.1, 0.15) is 0 Å². The fraction of sp³-hybridized carbons (Fsp3) is 0.0833. The van der Waals surface area contributed by atoms with Crippen LogP contribution in [0.2, 0.25) is 0 Å². The highest BCUT2D eigenvalue weighted by atomic mass is 16.4. The molecule has 0 radical (unpaired) electrons. The first-order valence-corrected chi connectivity index (χ1v) is 5.12. The van der Waals surface area contributed by atoms with Gasteiger partial charge in [-0.25, -0.2) is 9.78 Å². The summed E-state index contributed by atoms with van der Waals surface area (Å²) in [6.45, 7) is 1.64. The third kappa shape index (κ3) is 2.37. The monoisotopic (exact) mass is 246 g/mol. The van der Waals surface area contributed by atoms with E-state index in [9.17, 15) is 9.59 Å². The van der Waals surface area contributed by atoms with Gasteiger partial charge in [0.2, 0.25) is 5.76 Å². The summed E-state index contributed by atoms with van der Waals surface area (Å²) in [5.74, 6) is -1.41. The Labute approximate surface area is 102 Å². The predicted molar refractivity (Wildman–Crippen MR) is 62.6 cm³/mol. The Bertz CT molecular complexity index is 604. The lowest BCUT2D eigenvalue weighted by molar-refractivity contribution is 0.0696. The summed E-state index contributed by atoms with van der Waals surface area (Å²) in [6, 6.07) is 5.95. The summed E-state index contributed by atoms with van der Waals surface area (Å²) < 4.78 is 4.94. The number of nitrogens with one attached hydrogen (secondary N) is 1. The second-order valence-electron chi connectivity index (χ2n) is 3.61. The molecule has 92 valence electrons. The molecule has 0 unspecified atom stereocenters. The number of rotatable bonds is 3. The molecule has 0 saturated heterocycles. The van der Waals surface area contributed by atoms with Crippen LogP contribution in [0.5, 0.6) is 0 Å². The Kier molecular flexibility index (Phi) is 3.09. The van der Waals surface area contributed by atoms with Crippen LogP contribution in [0, 0.1) is 6.92 Å². The first-order chi connectivity index (χ1) is 8.58. The van der Waals surface area contributed by atoms with Gasteiger partial charge in [0.05, 0.1) is 11.3 Å². The molecule has 0 atom stereocenters. The lowest BCUT2D eigenvalue weighted by atomic mass is 10.2. The number of hydrogen-bond donors (Lipinski definition) is 2. The lowest BCUT2D eigenvalue weighted by Gasteiger charge is -2.04. The van der Waals surface area contributed by atoms with Crippen molar-refractivity contribution in [1.29, 1.82) is 0 Å². The topological polar surface area (TPSA) is 92.4 Å². The van der Waals surface area contributed by atoms with Crippen LogP contribution in [0.25, 0.3) is 0 Å². The van der Waals surface area contributed by atoms with Gasteiger partial charge in [-0.2, -0.15) is 0 Å². The minimum absolute atomic E-state index is 0.0992. The molecule has 0 spiro atoms. The quantitative estimate of drug-likeness (QED) is 0.863. The second-order valence-corrected chi connectivity index (χ2v) is 3.61. The number of carboxylic acid groups (broad SMARTS) is 1. The van der Waals surface area contributed by atoms with E-state index >= 15 is 0 Å². The molecule has 1 heterocycles. The Balaban J connectivity index is 2.20. The highest BCUT2D eigenvalue weighted by Crippen LogP contribution is 2.13. The van der Waals surface area contributed by atoms with Crippen molar-refractivity contribution in [2.75, 3.05) is 5.32 Å². The average molecular weight is 246 g/mol. The smallest absolute Gasteiger partial charge is 0.335 e. The van der Waals surface area contributed by atoms with Crippen molar-refractivity contribution < 1.29 is 19.1 Å². The maximum Gasteiger partial charge on any atom is 0.335 e. The average Bonchev–Trinajstić information content (AvgIpc) is 2.76. The summed E-state index contributed by atoms with van der Waals surface area (Å²) in [6.07, 6.45) is 1.18. The number of benzene rings is 1. The molecule has 1 aromatic heterocycles. The molecule has 0 aliphatic heterocycles. The molecule has 6 nitrogen and oxygen atoms in total. The Morgan fingerprint density at radius 2 is 2.17 bits per heavy atom. The first-order valence-electron chi connectivity index (χ1n) is 5.12. The number of oxazole rings is 1. The second kappa shape index (κ2) is 4.70. The fourth-order valence-corrected chi connectivity index (χ4v) is 1.44. The number of aromatic nitrogens is 1. The Hall–Kier alpha value is -2.63. The van der Waals surface area contributed by atoms with Crippen molar-refractivity contribution in [2.24, 2.45) is 0 Å². The maximum atomic E-state index is 11.8. The maximum absolute atomic E-state index is 11.8. The molecule has 2 rings (SSSR count). The summed E-state index contributed by atoms with van der Waals surface area (Å²) in [5, 5.41) is 11.4. The van der Waals surface area contributed by atoms with Crippen LogP contribution < -0.4 is 5.32 Å². The van der Waals surface area contributed by atoms with Gasteiger partial charge in [0.15, 0.2) is 6.39 Å². The predicted octanol–water partition coefficient (Wildman–Crippen LogP) is 1.93. The lowest BCUT2D eigenvalue weighted by Crippen LogP contribution is -2.12. The number of amides is 1. The summed E-state index contributed by atoms with van der Waals surface area (Å²) in [7, 11) is 0. The zero-order valence-corrected chi connectivity index (χ0v) is 9.51. The van der Waals surface area contributed by atoms with Crippen LogP contribution in [0.3, 0.4) is 0 Å². The fourth-order valence-electron chi connectivity index (χ4n) is 1.44. The van der Waals surface area contributed by atoms with E-state index in [1.165, 1.54) is 18.5 Å². The van der Waals surface area contributed by atoms with E-state index in [4.69, 9.17) is 9.52 Å².